The Morgan fingerprint density at radius 1 is 1.44 bits per heavy atom. The molecule has 0 aliphatic heterocycles. The first kappa shape index (κ1) is 15.6. The Morgan fingerprint density at radius 2 is 2.17 bits per heavy atom. The van der Waals surface area contributed by atoms with Crippen LogP contribution in [-0.2, 0) is 6.54 Å². The third-order valence-electron chi connectivity index (χ3n) is 3.24. The van der Waals surface area contributed by atoms with Crippen molar-refractivity contribution in [2.75, 3.05) is 13.6 Å². The van der Waals surface area contributed by atoms with Gasteiger partial charge in [-0.2, -0.15) is 0 Å². The standard InChI is InChI=1S/C14H27N3S/c1-6-7-13(8-15-11(2)3)17(5)9-14-12(4)16-10-18-14/h10-11,13,15H,6-9H2,1-5H3. The molecule has 0 spiro atoms. The first-order chi connectivity index (χ1) is 8.54. The van der Waals surface area contributed by atoms with E-state index in [9.17, 15) is 0 Å². The summed E-state index contributed by atoms with van der Waals surface area (Å²) in [4.78, 5) is 8.17. The summed E-state index contributed by atoms with van der Waals surface area (Å²) < 4.78 is 0. The molecule has 0 fully saturated rings. The molecule has 1 heterocycles. The fraction of sp³-hybridized carbons (Fsp3) is 0.786. The molecular formula is C14H27N3S. The fourth-order valence-corrected chi connectivity index (χ4v) is 2.86. The summed E-state index contributed by atoms with van der Waals surface area (Å²) in [6.45, 7) is 10.8. The number of hydrogen-bond acceptors (Lipinski definition) is 4. The van der Waals surface area contributed by atoms with E-state index in [-0.39, 0.29) is 0 Å². The molecule has 1 aromatic heterocycles. The van der Waals surface area contributed by atoms with Gasteiger partial charge < -0.3 is 5.32 Å². The number of hydrogen-bond donors (Lipinski definition) is 1. The predicted octanol–water partition coefficient (Wildman–Crippen LogP) is 3.05. The minimum Gasteiger partial charge on any atom is -0.313 e. The number of nitrogens with zero attached hydrogens (tertiary/aromatic N) is 2. The first-order valence-corrected chi connectivity index (χ1v) is 7.75. The van der Waals surface area contributed by atoms with Gasteiger partial charge in [0.15, 0.2) is 0 Å². The van der Waals surface area contributed by atoms with Crippen LogP contribution in [-0.4, -0.2) is 35.6 Å². The van der Waals surface area contributed by atoms with E-state index >= 15 is 0 Å². The lowest BCUT2D eigenvalue weighted by Gasteiger charge is -2.28. The van der Waals surface area contributed by atoms with Crippen molar-refractivity contribution in [3.8, 4) is 0 Å². The van der Waals surface area contributed by atoms with Crippen LogP contribution < -0.4 is 5.32 Å². The Morgan fingerprint density at radius 3 is 2.67 bits per heavy atom. The number of nitrogens with one attached hydrogen (secondary N) is 1. The monoisotopic (exact) mass is 269 g/mol. The van der Waals surface area contributed by atoms with E-state index in [0.717, 1.165) is 13.1 Å². The average Bonchev–Trinajstić information content (AvgIpc) is 2.70. The average molecular weight is 269 g/mol. The summed E-state index contributed by atoms with van der Waals surface area (Å²) in [7, 11) is 2.22. The highest BCUT2D eigenvalue weighted by Gasteiger charge is 2.16. The highest BCUT2D eigenvalue weighted by Crippen LogP contribution is 2.16. The molecule has 0 amide bonds. The zero-order valence-corrected chi connectivity index (χ0v) is 13.2. The second-order valence-electron chi connectivity index (χ2n) is 5.28. The largest absolute Gasteiger partial charge is 0.313 e. The summed E-state index contributed by atoms with van der Waals surface area (Å²) in [5.41, 5.74) is 3.12. The SMILES string of the molecule is CCCC(CNC(C)C)N(C)Cc1scnc1C. The Hall–Kier alpha value is -0.450. The minimum atomic E-state index is 0.558. The Labute approximate surface area is 116 Å². The fourth-order valence-electron chi connectivity index (χ4n) is 2.02. The predicted molar refractivity (Wildman–Crippen MR) is 80.2 cm³/mol. The molecule has 1 rings (SSSR count). The van der Waals surface area contributed by atoms with Gasteiger partial charge in [0.1, 0.15) is 0 Å². The molecule has 1 unspecified atom stereocenters. The molecule has 1 atom stereocenters. The van der Waals surface area contributed by atoms with Crippen LogP contribution in [0.15, 0.2) is 5.51 Å². The Kier molecular flexibility index (Phi) is 6.82. The van der Waals surface area contributed by atoms with Crippen LogP contribution in [0.2, 0.25) is 0 Å². The van der Waals surface area contributed by atoms with Gasteiger partial charge in [-0.3, -0.25) is 4.90 Å². The molecule has 0 saturated heterocycles. The zero-order valence-electron chi connectivity index (χ0n) is 12.4. The molecule has 3 nitrogen and oxygen atoms in total. The van der Waals surface area contributed by atoms with Crippen molar-refractivity contribution >= 4 is 11.3 Å². The third kappa shape index (κ3) is 5.04. The molecule has 4 heteroatoms. The first-order valence-electron chi connectivity index (χ1n) is 6.87. The van der Waals surface area contributed by atoms with Crippen LogP contribution in [0.5, 0.6) is 0 Å². The number of aromatic nitrogens is 1. The number of aryl methyl sites for hydroxylation is 1. The van der Waals surface area contributed by atoms with Crippen molar-refractivity contribution in [3.63, 3.8) is 0 Å². The maximum Gasteiger partial charge on any atom is 0.0798 e. The van der Waals surface area contributed by atoms with E-state index in [2.05, 4.69) is 49.9 Å². The van der Waals surface area contributed by atoms with Crippen LogP contribution in [0.4, 0.5) is 0 Å². The molecule has 0 bridgehead atoms. The Bertz CT molecular complexity index is 336. The van der Waals surface area contributed by atoms with E-state index in [4.69, 9.17) is 0 Å². The maximum absolute atomic E-state index is 4.33. The summed E-state index contributed by atoms with van der Waals surface area (Å²) in [6, 6.07) is 1.17. The maximum atomic E-state index is 4.33. The van der Waals surface area contributed by atoms with Crippen LogP contribution in [0.1, 0.15) is 44.2 Å². The van der Waals surface area contributed by atoms with Crippen molar-refractivity contribution < 1.29 is 0 Å². The lowest BCUT2D eigenvalue weighted by atomic mass is 10.1. The summed E-state index contributed by atoms with van der Waals surface area (Å²) in [5, 5.41) is 3.55. The molecule has 1 N–H and O–H groups in total. The molecule has 1 aromatic rings. The number of thiazole rings is 1. The molecular weight excluding hydrogens is 242 g/mol. The van der Waals surface area contributed by atoms with E-state index in [1.807, 2.05) is 5.51 Å². The van der Waals surface area contributed by atoms with Crippen molar-refractivity contribution in [2.45, 2.75) is 59.2 Å². The van der Waals surface area contributed by atoms with Crippen molar-refractivity contribution in [1.82, 2.24) is 15.2 Å². The zero-order chi connectivity index (χ0) is 13.5. The van der Waals surface area contributed by atoms with Gasteiger partial charge in [0, 0.05) is 30.1 Å². The van der Waals surface area contributed by atoms with Gasteiger partial charge in [-0.1, -0.05) is 27.2 Å². The molecule has 0 aromatic carbocycles. The van der Waals surface area contributed by atoms with E-state index in [1.54, 1.807) is 11.3 Å². The van der Waals surface area contributed by atoms with Gasteiger partial charge in [-0.15, -0.1) is 11.3 Å². The van der Waals surface area contributed by atoms with Crippen LogP contribution in [0, 0.1) is 6.92 Å². The molecule has 0 saturated carbocycles. The molecule has 18 heavy (non-hydrogen) atoms. The minimum absolute atomic E-state index is 0.558. The van der Waals surface area contributed by atoms with E-state index < -0.39 is 0 Å². The van der Waals surface area contributed by atoms with Crippen molar-refractivity contribution in [2.24, 2.45) is 0 Å². The molecule has 104 valence electrons. The van der Waals surface area contributed by atoms with E-state index in [1.165, 1.54) is 23.4 Å². The highest BCUT2D eigenvalue weighted by molar-refractivity contribution is 7.09. The summed E-state index contributed by atoms with van der Waals surface area (Å²) >= 11 is 1.76. The number of rotatable bonds is 8. The molecule has 0 radical (unpaired) electrons. The molecule has 0 aliphatic carbocycles. The normalized spacial score (nSPS) is 13.5. The van der Waals surface area contributed by atoms with Gasteiger partial charge in [-0.25, -0.2) is 4.98 Å². The quantitative estimate of drug-likeness (QED) is 0.786. The van der Waals surface area contributed by atoms with E-state index in [0.29, 0.717) is 12.1 Å². The summed E-state index contributed by atoms with van der Waals surface area (Å²) in [6.07, 6.45) is 2.48. The Balaban J connectivity index is 2.53. The second-order valence-corrected chi connectivity index (χ2v) is 6.22. The molecule has 0 aliphatic rings. The van der Waals surface area contributed by atoms with Gasteiger partial charge in [-0.05, 0) is 20.4 Å². The topological polar surface area (TPSA) is 28.2 Å². The lowest BCUT2D eigenvalue weighted by Crippen LogP contribution is -2.41. The van der Waals surface area contributed by atoms with Crippen molar-refractivity contribution in [3.05, 3.63) is 16.1 Å². The van der Waals surface area contributed by atoms with Crippen molar-refractivity contribution in [1.29, 1.82) is 0 Å². The van der Waals surface area contributed by atoms with Crippen LogP contribution in [0.25, 0.3) is 0 Å². The summed E-state index contributed by atoms with van der Waals surface area (Å²) in [5.74, 6) is 0. The third-order valence-corrected chi connectivity index (χ3v) is 4.16. The lowest BCUT2D eigenvalue weighted by molar-refractivity contribution is 0.213. The van der Waals surface area contributed by atoms with Gasteiger partial charge in [0.25, 0.3) is 0 Å². The number of likely N-dealkylation sites (N-methyl/N-ethyl adjacent to an activating group) is 1. The smallest absolute Gasteiger partial charge is 0.0798 e. The second kappa shape index (κ2) is 7.87. The van der Waals surface area contributed by atoms with Crippen LogP contribution >= 0.6 is 11.3 Å². The van der Waals surface area contributed by atoms with Gasteiger partial charge in [0.2, 0.25) is 0 Å². The van der Waals surface area contributed by atoms with Gasteiger partial charge in [0.05, 0.1) is 11.2 Å². The van der Waals surface area contributed by atoms with Crippen LogP contribution in [0.3, 0.4) is 0 Å². The highest BCUT2D eigenvalue weighted by atomic mass is 32.1. The van der Waals surface area contributed by atoms with Gasteiger partial charge >= 0.3 is 0 Å².